The summed E-state index contributed by atoms with van der Waals surface area (Å²) in [6.45, 7) is 0. The molecule has 0 saturated heterocycles. The first-order valence-corrected chi connectivity index (χ1v) is 8.65. The third-order valence-electron chi connectivity index (χ3n) is 3.51. The molecule has 0 aliphatic heterocycles. The highest BCUT2D eigenvalue weighted by Gasteiger charge is 2.20. The Morgan fingerprint density at radius 1 is 1.16 bits per heavy atom. The average Bonchev–Trinajstić information content (AvgIpc) is 2.61. The lowest BCUT2D eigenvalue weighted by atomic mass is 10.2. The molecule has 3 rings (SSSR count). The number of methoxy groups -OCH3 is 1. The fourth-order valence-corrected chi connectivity index (χ4v) is 3.63. The number of ether oxygens (including phenoxy) is 1. The Labute approximate surface area is 143 Å². The number of nitrogens with zero attached hydrogens (tertiary/aromatic N) is 1. The molecule has 1 N–H and O–H groups in total. The van der Waals surface area contributed by atoms with E-state index in [2.05, 4.69) is 14.4 Å². The topological polar surface area (TPSA) is 85.4 Å². The van der Waals surface area contributed by atoms with Gasteiger partial charge in [0.1, 0.15) is 11.3 Å². The molecule has 0 atom stereocenters. The summed E-state index contributed by atoms with van der Waals surface area (Å²) in [6.07, 6.45) is 1.38. The Balaban J connectivity index is 2.04. The number of benzene rings is 2. The number of carbonyl (C=O) groups is 1. The van der Waals surface area contributed by atoms with Gasteiger partial charge in [0.25, 0.3) is 10.0 Å². The molecule has 0 bridgehead atoms. The van der Waals surface area contributed by atoms with Gasteiger partial charge in [0.2, 0.25) is 0 Å². The molecule has 1 aromatic heterocycles. The highest BCUT2D eigenvalue weighted by molar-refractivity contribution is 7.93. The van der Waals surface area contributed by atoms with Gasteiger partial charge in [0, 0.05) is 17.3 Å². The number of pyridine rings is 1. The van der Waals surface area contributed by atoms with Gasteiger partial charge in [-0.05, 0) is 42.5 Å². The van der Waals surface area contributed by atoms with Crippen LogP contribution in [0.1, 0.15) is 10.4 Å². The molecule has 8 heteroatoms. The van der Waals surface area contributed by atoms with Crippen molar-refractivity contribution in [3.05, 3.63) is 66.1 Å². The number of hydrogen-bond acceptors (Lipinski definition) is 5. The molecule has 0 amide bonds. The van der Waals surface area contributed by atoms with Crippen molar-refractivity contribution in [1.29, 1.82) is 0 Å². The van der Waals surface area contributed by atoms with Crippen LogP contribution in [0.15, 0.2) is 59.6 Å². The highest BCUT2D eigenvalue weighted by atomic mass is 32.2. The van der Waals surface area contributed by atoms with Gasteiger partial charge < -0.3 is 4.74 Å². The highest BCUT2D eigenvalue weighted by Crippen LogP contribution is 2.26. The third-order valence-corrected chi connectivity index (χ3v) is 4.95. The SMILES string of the molecule is COC(=O)c1cccc(NS(=O)(=O)c2ccc(F)c3ncccc23)c1. The van der Waals surface area contributed by atoms with Gasteiger partial charge in [-0.3, -0.25) is 9.71 Å². The predicted molar refractivity (Wildman–Crippen MR) is 90.3 cm³/mol. The van der Waals surface area contributed by atoms with Gasteiger partial charge in [0.05, 0.1) is 17.6 Å². The maximum atomic E-state index is 13.8. The van der Waals surface area contributed by atoms with Gasteiger partial charge in [-0.1, -0.05) is 6.07 Å². The predicted octanol–water partition coefficient (Wildman–Crippen LogP) is 2.96. The zero-order chi connectivity index (χ0) is 18.0. The maximum absolute atomic E-state index is 13.8. The first-order valence-electron chi connectivity index (χ1n) is 7.17. The van der Waals surface area contributed by atoms with Crippen LogP contribution < -0.4 is 4.72 Å². The molecule has 3 aromatic rings. The molecule has 0 aliphatic carbocycles. The molecular formula is C17H13FN2O4S. The number of halogens is 1. The van der Waals surface area contributed by atoms with E-state index in [1.807, 2.05) is 0 Å². The number of esters is 1. The first-order chi connectivity index (χ1) is 11.9. The summed E-state index contributed by atoms with van der Waals surface area (Å²) in [4.78, 5) is 15.3. The number of fused-ring (bicyclic) bond motifs is 1. The number of nitrogens with one attached hydrogen (secondary N) is 1. The quantitative estimate of drug-likeness (QED) is 0.723. The van der Waals surface area contributed by atoms with Crippen molar-refractivity contribution in [3.8, 4) is 0 Å². The minimum atomic E-state index is -4.01. The molecule has 128 valence electrons. The van der Waals surface area contributed by atoms with Crippen LogP contribution in [0.4, 0.5) is 10.1 Å². The summed E-state index contributed by atoms with van der Waals surface area (Å²) >= 11 is 0. The molecule has 25 heavy (non-hydrogen) atoms. The molecule has 1 heterocycles. The standard InChI is InChI=1S/C17H13FN2O4S/c1-24-17(21)11-4-2-5-12(10-11)20-25(22,23)15-8-7-14(18)16-13(15)6-3-9-19-16/h2-10,20H,1H3. The summed E-state index contributed by atoms with van der Waals surface area (Å²) in [6, 6.07) is 11.1. The monoisotopic (exact) mass is 360 g/mol. The Kier molecular flexibility index (Phi) is 4.37. The van der Waals surface area contributed by atoms with E-state index in [0.717, 1.165) is 6.07 Å². The van der Waals surface area contributed by atoms with Crippen molar-refractivity contribution in [2.24, 2.45) is 0 Å². The number of rotatable bonds is 4. The van der Waals surface area contributed by atoms with Gasteiger partial charge in [-0.2, -0.15) is 0 Å². The van der Waals surface area contributed by atoms with Crippen molar-refractivity contribution < 1.29 is 22.3 Å². The lowest BCUT2D eigenvalue weighted by Gasteiger charge is -2.11. The summed E-state index contributed by atoms with van der Waals surface area (Å²) in [7, 11) is -2.78. The molecule has 0 spiro atoms. The molecule has 0 unspecified atom stereocenters. The van der Waals surface area contributed by atoms with E-state index in [0.29, 0.717) is 0 Å². The maximum Gasteiger partial charge on any atom is 0.337 e. The van der Waals surface area contributed by atoms with Gasteiger partial charge in [-0.25, -0.2) is 17.6 Å². The fraction of sp³-hybridized carbons (Fsp3) is 0.0588. The van der Waals surface area contributed by atoms with Crippen LogP contribution in [0.5, 0.6) is 0 Å². The second-order valence-electron chi connectivity index (χ2n) is 5.12. The molecule has 0 radical (unpaired) electrons. The summed E-state index contributed by atoms with van der Waals surface area (Å²) < 4.78 is 46.2. The summed E-state index contributed by atoms with van der Waals surface area (Å²) in [5, 5.41) is 0.166. The van der Waals surface area contributed by atoms with Crippen LogP contribution in [0.25, 0.3) is 10.9 Å². The van der Waals surface area contributed by atoms with Crippen molar-refractivity contribution in [2.75, 3.05) is 11.8 Å². The van der Waals surface area contributed by atoms with Crippen LogP contribution in [-0.2, 0) is 14.8 Å². The van der Waals surface area contributed by atoms with Crippen molar-refractivity contribution in [2.45, 2.75) is 4.90 Å². The Bertz CT molecular complexity index is 1070. The number of aromatic nitrogens is 1. The molecule has 0 fully saturated rings. The van der Waals surface area contributed by atoms with Crippen molar-refractivity contribution in [3.63, 3.8) is 0 Å². The van der Waals surface area contributed by atoms with E-state index in [1.54, 1.807) is 0 Å². The number of anilines is 1. The average molecular weight is 360 g/mol. The Morgan fingerprint density at radius 2 is 1.96 bits per heavy atom. The van der Waals surface area contributed by atoms with Crippen LogP contribution >= 0.6 is 0 Å². The van der Waals surface area contributed by atoms with E-state index in [4.69, 9.17) is 0 Å². The minimum Gasteiger partial charge on any atom is -0.465 e. The summed E-state index contributed by atoms with van der Waals surface area (Å²) in [5.74, 6) is -1.19. The lowest BCUT2D eigenvalue weighted by molar-refractivity contribution is 0.0601. The largest absolute Gasteiger partial charge is 0.465 e. The van der Waals surface area contributed by atoms with Gasteiger partial charge in [-0.15, -0.1) is 0 Å². The van der Waals surface area contributed by atoms with Gasteiger partial charge in [0.15, 0.2) is 0 Å². The van der Waals surface area contributed by atoms with Crippen LogP contribution in [0.2, 0.25) is 0 Å². The van der Waals surface area contributed by atoms with E-state index in [-0.39, 0.29) is 27.0 Å². The van der Waals surface area contributed by atoms with Gasteiger partial charge >= 0.3 is 5.97 Å². The number of hydrogen-bond donors (Lipinski definition) is 1. The molecular weight excluding hydrogens is 347 g/mol. The summed E-state index contributed by atoms with van der Waals surface area (Å²) in [5.41, 5.74) is 0.353. The smallest absolute Gasteiger partial charge is 0.337 e. The normalized spacial score (nSPS) is 11.3. The van der Waals surface area contributed by atoms with Crippen molar-refractivity contribution >= 4 is 32.6 Å². The zero-order valence-corrected chi connectivity index (χ0v) is 13.9. The zero-order valence-electron chi connectivity index (χ0n) is 13.1. The first kappa shape index (κ1) is 16.8. The second-order valence-corrected chi connectivity index (χ2v) is 6.77. The fourth-order valence-electron chi connectivity index (χ4n) is 2.38. The Hall–Kier alpha value is -3.00. The van der Waals surface area contributed by atoms with Crippen LogP contribution in [-0.4, -0.2) is 26.5 Å². The molecule has 2 aromatic carbocycles. The second kappa shape index (κ2) is 6.48. The van der Waals surface area contributed by atoms with E-state index in [1.165, 1.54) is 55.8 Å². The molecule has 6 nitrogen and oxygen atoms in total. The number of carbonyl (C=O) groups excluding carboxylic acids is 1. The van der Waals surface area contributed by atoms with Crippen LogP contribution in [0, 0.1) is 5.82 Å². The van der Waals surface area contributed by atoms with E-state index in [9.17, 15) is 17.6 Å². The van der Waals surface area contributed by atoms with E-state index < -0.39 is 21.8 Å². The Morgan fingerprint density at radius 3 is 2.72 bits per heavy atom. The minimum absolute atomic E-state index is 0.0336. The lowest BCUT2D eigenvalue weighted by Crippen LogP contribution is -2.14. The van der Waals surface area contributed by atoms with Crippen molar-refractivity contribution in [1.82, 2.24) is 4.98 Å². The molecule has 0 saturated carbocycles. The molecule has 0 aliphatic rings. The van der Waals surface area contributed by atoms with E-state index >= 15 is 0 Å². The third kappa shape index (κ3) is 3.29. The number of sulfonamides is 1. The van der Waals surface area contributed by atoms with Crippen LogP contribution in [0.3, 0.4) is 0 Å².